The number of carbonyl (C=O) groups excluding carboxylic acids is 2. The summed E-state index contributed by atoms with van der Waals surface area (Å²) in [7, 11) is -3.61. The highest BCUT2D eigenvalue weighted by Crippen LogP contribution is 2.24. The molecule has 2 rings (SSSR count). The van der Waals surface area contributed by atoms with Crippen LogP contribution in [0.1, 0.15) is 24.8 Å². The smallest absolute Gasteiger partial charge is 0.235 e. The number of amides is 2. The van der Waals surface area contributed by atoms with Crippen molar-refractivity contribution in [1.29, 1.82) is 0 Å². The van der Waals surface area contributed by atoms with Crippen molar-refractivity contribution in [3.63, 3.8) is 0 Å². The number of nitrogens with one attached hydrogen (secondary N) is 1. The summed E-state index contributed by atoms with van der Waals surface area (Å²) in [5.41, 5.74) is 0.628. The van der Waals surface area contributed by atoms with E-state index in [4.69, 9.17) is 0 Å². The van der Waals surface area contributed by atoms with Gasteiger partial charge in [0.05, 0.1) is 6.26 Å². The number of sulfonamides is 1. The van der Waals surface area contributed by atoms with Crippen LogP contribution < -0.4 is 4.72 Å². The fourth-order valence-corrected chi connectivity index (χ4v) is 3.01. The summed E-state index contributed by atoms with van der Waals surface area (Å²) in [4.78, 5) is 25.1. The lowest BCUT2D eigenvalue weighted by atomic mass is 10.1. The minimum absolute atomic E-state index is 0.0892. The summed E-state index contributed by atoms with van der Waals surface area (Å²) in [5.74, 6) is -1.16. The third-order valence-electron chi connectivity index (χ3n) is 3.41. The second-order valence-electron chi connectivity index (χ2n) is 5.35. The van der Waals surface area contributed by atoms with Gasteiger partial charge in [0.25, 0.3) is 0 Å². The molecule has 1 saturated heterocycles. The molecule has 120 valence electrons. The van der Waals surface area contributed by atoms with Crippen LogP contribution in [-0.4, -0.2) is 37.4 Å². The van der Waals surface area contributed by atoms with Crippen molar-refractivity contribution >= 4 is 21.8 Å². The van der Waals surface area contributed by atoms with Gasteiger partial charge in [-0.1, -0.05) is 12.1 Å². The van der Waals surface area contributed by atoms with Crippen molar-refractivity contribution < 1.29 is 22.4 Å². The molecule has 0 saturated carbocycles. The largest absolute Gasteiger partial charge is 0.335 e. The van der Waals surface area contributed by atoms with Gasteiger partial charge in [-0.3, -0.25) is 14.3 Å². The molecule has 1 aliphatic heterocycles. The van der Waals surface area contributed by atoms with Gasteiger partial charge in [-0.2, -0.15) is 0 Å². The first-order valence-corrected chi connectivity index (χ1v) is 8.68. The Morgan fingerprint density at radius 3 is 2.82 bits per heavy atom. The van der Waals surface area contributed by atoms with E-state index in [9.17, 15) is 22.4 Å². The first kappa shape index (κ1) is 16.4. The molecule has 0 bridgehead atoms. The molecule has 1 aromatic carbocycles. The molecule has 0 spiro atoms. The monoisotopic (exact) mass is 328 g/mol. The van der Waals surface area contributed by atoms with E-state index < -0.39 is 21.7 Å². The lowest BCUT2D eigenvalue weighted by Gasteiger charge is -2.24. The van der Waals surface area contributed by atoms with Gasteiger partial charge >= 0.3 is 0 Å². The van der Waals surface area contributed by atoms with E-state index in [1.165, 1.54) is 17.0 Å². The van der Waals surface area contributed by atoms with Crippen LogP contribution >= 0.6 is 0 Å². The standard InChI is InChI=1S/C14H17FN2O4S/c1-22(20,21)16-13(18)8-12-5-6-14(19)17(12)9-10-3-2-4-11(15)7-10/h2-4,7,12H,5-6,8-9H2,1H3,(H,16,18). The molecule has 0 radical (unpaired) electrons. The Hall–Kier alpha value is -1.96. The summed E-state index contributed by atoms with van der Waals surface area (Å²) in [6, 6.07) is 5.52. The van der Waals surface area contributed by atoms with Crippen LogP contribution in [0.25, 0.3) is 0 Å². The number of halogens is 1. The maximum absolute atomic E-state index is 13.2. The van der Waals surface area contributed by atoms with E-state index in [-0.39, 0.29) is 24.9 Å². The average molecular weight is 328 g/mol. The summed E-state index contributed by atoms with van der Waals surface area (Å²) < 4.78 is 37.2. The maximum Gasteiger partial charge on any atom is 0.235 e. The zero-order chi connectivity index (χ0) is 16.3. The Bertz CT molecular complexity index is 690. The van der Waals surface area contributed by atoms with Gasteiger partial charge in [-0.05, 0) is 24.1 Å². The first-order valence-electron chi connectivity index (χ1n) is 6.79. The number of likely N-dealkylation sites (tertiary alicyclic amines) is 1. The van der Waals surface area contributed by atoms with Crippen LogP contribution in [-0.2, 0) is 26.2 Å². The zero-order valence-corrected chi connectivity index (χ0v) is 12.9. The van der Waals surface area contributed by atoms with Gasteiger partial charge in [-0.25, -0.2) is 12.8 Å². The molecule has 1 aliphatic rings. The highest BCUT2D eigenvalue weighted by atomic mass is 32.2. The van der Waals surface area contributed by atoms with E-state index in [1.54, 1.807) is 12.1 Å². The van der Waals surface area contributed by atoms with Crippen LogP contribution in [0.5, 0.6) is 0 Å². The molecule has 2 amide bonds. The van der Waals surface area contributed by atoms with Crippen LogP contribution in [0, 0.1) is 5.82 Å². The molecule has 6 nitrogen and oxygen atoms in total. The van der Waals surface area contributed by atoms with Gasteiger partial charge in [0, 0.05) is 25.4 Å². The van der Waals surface area contributed by atoms with Crippen molar-refractivity contribution in [3.05, 3.63) is 35.6 Å². The Morgan fingerprint density at radius 2 is 2.18 bits per heavy atom. The molecular weight excluding hydrogens is 311 g/mol. The second kappa shape index (κ2) is 6.43. The molecule has 22 heavy (non-hydrogen) atoms. The van der Waals surface area contributed by atoms with Crippen molar-refractivity contribution in [2.75, 3.05) is 6.26 Å². The molecule has 1 aromatic rings. The third kappa shape index (κ3) is 4.52. The average Bonchev–Trinajstić information content (AvgIpc) is 2.69. The second-order valence-corrected chi connectivity index (χ2v) is 7.09. The number of nitrogens with zero attached hydrogens (tertiary/aromatic N) is 1. The van der Waals surface area contributed by atoms with Crippen LogP contribution in [0.3, 0.4) is 0 Å². The Balaban J connectivity index is 2.05. The molecule has 8 heteroatoms. The number of rotatable bonds is 5. The van der Waals surface area contributed by atoms with Gasteiger partial charge < -0.3 is 4.90 Å². The quantitative estimate of drug-likeness (QED) is 0.866. The van der Waals surface area contributed by atoms with Crippen molar-refractivity contribution in [2.24, 2.45) is 0 Å². The number of benzene rings is 1. The molecule has 0 aromatic heterocycles. The lowest BCUT2D eigenvalue weighted by Crippen LogP contribution is -2.38. The third-order valence-corrected chi connectivity index (χ3v) is 4.01. The Labute approximate surface area is 128 Å². The summed E-state index contributed by atoms with van der Waals surface area (Å²) in [6.45, 7) is 0.202. The van der Waals surface area contributed by atoms with Gasteiger partial charge in [0.15, 0.2) is 0 Å². The minimum atomic E-state index is -3.61. The molecule has 1 fully saturated rings. The van der Waals surface area contributed by atoms with Gasteiger partial charge in [0.2, 0.25) is 21.8 Å². The summed E-state index contributed by atoms with van der Waals surface area (Å²) in [6.07, 6.45) is 1.58. The predicted octanol–water partition coefficient (Wildman–Crippen LogP) is 0.783. The maximum atomic E-state index is 13.2. The van der Waals surface area contributed by atoms with Crippen LogP contribution in [0.2, 0.25) is 0 Å². The summed E-state index contributed by atoms with van der Waals surface area (Å²) in [5, 5.41) is 0. The highest BCUT2D eigenvalue weighted by molar-refractivity contribution is 7.89. The highest BCUT2D eigenvalue weighted by Gasteiger charge is 2.32. The molecule has 1 N–H and O–H groups in total. The van der Waals surface area contributed by atoms with Crippen molar-refractivity contribution in [1.82, 2.24) is 9.62 Å². The molecule has 1 atom stereocenters. The van der Waals surface area contributed by atoms with E-state index in [0.29, 0.717) is 18.4 Å². The Kier molecular flexibility index (Phi) is 4.80. The van der Waals surface area contributed by atoms with E-state index in [0.717, 1.165) is 6.26 Å². The fourth-order valence-electron chi connectivity index (χ4n) is 2.52. The SMILES string of the molecule is CS(=O)(=O)NC(=O)CC1CCC(=O)N1Cc1cccc(F)c1. The molecular formula is C14H17FN2O4S. The molecule has 0 aliphatic carbocycles. The van der Waals surface area contributed by atoms with Gasteiger partial charge in [0.1, 0.15) is 5.82 Å². The minimum Gasteiger partial charge on any atom is -0.335 e. The fraction of sp³-hybridized carbons (Fsp3) is 0.429. The van der Waals surface area contributed by atoms with Gasteiger partial charge in [-0.15, -0.1) is 0 Å². The first-order chi connectivity index (χ1) is 10.2. The number of hydrogen-bond donors (Lipinski definition) is 1. The zero-order valence-electron chi connectivity index (χ0n) is 12.1. The van der Waals surface area contributed by atoms with Crippen LogP contribution in [0.4, 0.5) is 4.39 Å². The normalized spacial score (nSPS) is 18.5. The van der Waals surface area contributed by atoms with Crippen molar-refractivity contribution in [3.8, 4) is 0 Å². The van der Waals surface area contributed by atoms with E-state index >= 15 is 0 Å². The van der Waals surface area contributed by atoms with E-state index in [2.05, 4.69) is 0 Å². The molecule has 1 heterocycles. The predicted molar refractivity (Wildman–Crippen MR) is 77.6 cm³/mol. The molecule has 1 unspecified atom stereocenters. The van der Waals surface area contributed by atoms with E-state index in [1.807, 2.05) is 4.72 Å². The number of carbonyl (C=O) groups is 2. The van der Waals surface area contributed by atoms with Crippen LogP contribution in [0.15, 0.2) is 24.3 Å². The Morgan fingerprint density at radius 1 is 1.45 bits per heavy atom. The van der Waals surface area contributed by atoms with Crippen molar-refractivity contribution in [2.45, 2.75) is 31.8 Å². The lowest BCUT2D eigenvalue weighted by molar-refractivity contribution is -0.130. The number of hydrogen-bond acceptors (Lipinski definition) is 4. The topological polar surface area (TPSA) is 83.5 Å². The summed E-state index contributed by atoms with van der Waals surface area (Å²) >= 11 is 0.